The van der Waals surface area contributed by atoms with Gasteiger partial charge in [0.05, 0.1) is 11.8 Å². The molecule has 2 rings (SSSR count). The largest absolute Gasteiger partial charge is 0.349 e. The Hall–Kier alpha value is -1.88. The highest BCUT2D eigenvalue weighted by atomic mass is 32.2. The Labute approximate surface area is 126 Å². The Bertz CT molecular complexity index is 599. The Morgan fingerprint density at radius 3 is 2.14 bits per heavy atom. The summed E-state index contributed by atoms with van der Waals surface area (Å²) < 4.78 is 25.6. The average molecular weight is 307 g/mol. The van der Waals surface area contributed by atoms with Gasteiger partial charge in [0.2, 0.25) is 5.91 Å². The molecule has 2 aromatic carbocycles. The third-order valence-corrected chi connectivity index (χ3v) is 3.94. The molecular weight excluding hydrogens is 292 g/mol. The van der Waals surface area contributed by atoms with Crippen LogP contribution in [0.2, 0.25) is 0 Å². The van der Waals surface area contributed by atoms with Crippen LogP contribution >= 0.6 is 11.8 Å². The molecule has 1 N–H and O–H groups in total. The zero-order valence-corrected chi connectivity index (χ0v) is 12.3. The summed E-state index contributed by atoms with van der Waals surface area (Å²) in [4.78, 5) is 12.7. The lowest BCUT2D eigenvalue weighted by Gasteiger charge is -2.14. The van der Waals surface area contributed by atoms with Crippen molar-refractivity contribution >= 4 is 17.7 Å². The number of thioether (sulfide) groups is 1. The van der Waals surface area contributed by atoms with Gasteiger partial charge in [0.1, 0.15) is 11.6 Å². The van der Waals surface area contributed by atoms with Crippen LogP contribution in [0, 0.1) is 11.6 Å². The minimum absolute atomic E-state index is 0.124. The van der Waals surface area contributed by atoms with Gasteiger partial charge < -0.3 is 5.32 Å². The van der Waals surface area contributed by atoms with E-state index in [1.807, 2.05) is 6.92 Å². The molecule has 0 aliphatic heterocycles. The number of hydrogen-bond donors (Lipinski definition) is 1. The summed E-state index contributed by atoms with van der Waals surface area (Å²) >= 11 is 1.34. The van der Waals surface area contributed by atoms with Gasteiger partial charge in [-0.25, -0.2) is 8.78 Å². The van der Waals surface area contributed by atoms with Crippen LogP contribution in [0.15, 0.2) is 53.4 Å². The second-order valence-corrected chi connectivity index (χ2v) is 5.63. The molecule has 110 valence electrons. The molecule has 0 fully saturated rings. The maximum atomic E-state index is 12.8. The highest BCUT2D eigenvalue weighted by Crippen LogP contribution is 2.18. The van der Waals surface area contributed by atoms with Gasteiger partial charge in [0.15, 0.2) is 0 Å². The summed E-state index contributed by atoms with van der Waals surface area (Å²) in [5, 5.41) is 2.84. The summed E-state index contributed by atoms with van der Waals surface area (Å²) in [6.07, 6.45) is 0. The van der Waals surface area contributed by atoms with E-state index in [0.29, 0.717) is 0 Å². The highest BCUT2D eigenvalue weighted by Gasteiger charge is 2.10. The first-order valence-corrected chi connectivity index (χ1v) is 7.46. The van der Waals surface area contributed by atoms with Crippen LogP contribution in [0.25, 0.3) is 0 Å². The summed E-state index contributed by atoms with van der Waals surface area (Å²) in [6.45, 7) is 1.84. The van der Waals surface area contributed by atoms with Crippen LogP contribution in [-0.4, -0.2) is 11.7 Å². The number of benzene rings is 2. The van der Waals surface area contributed by atoms with E-state index in [2.05, 4.69) is 5.32 Å². The van der Waals surface area contributed by atoms with E-state index in [9.17, 15) is 13.6 Å². The number of hydrogen-bond acceptors (Lipinski definition) is 2. The van der Waals surface area contributed by atoms with Crippen molar-refractivity contribution in [1.82, 2.24) is 5.32 Å². The van der Waals surface area contributed by atoms with Crippen molar-refractivity contribution < 1.29 is 13.6 Å². The van der Waals surface area contributed by atoms with Crippen molar-refractivity contribution in [3.8, 4) is 0 Å². The van der Waals surface area contributed by atoms with Crippen LogP contribution < -0.4 is 5.32 Å². The molecule has 0 spiro atoms. The second-order valence-electron chi connectivity index (χ2n) is 4.58. The Kier molecular flexibility index (Phi) is 5.33. The van der Waals surface area contributed by atoms with Crippen molar-refractivity contribution in [2.45, 2.75) is 17.9 Å². The van der Waals surface area contributed by atoms with Crippen LogP contribution in [-0.2, 0) is 4.79 Å². The van der Waals surface area contributed by atoms with Crippen LogP contribution in [0.1, 0.15) is 18.5 Å². The Morgan fingerprint density at radius 2 is 1.57 bits per heavy atom. The molecule has 21 heavy (non-hydrogen) atoms. The van der Waals surface area contributed by atoms with Gasteiger partial charge in [-0.1, -0.05) is 12.1 Å². The number of carbonyl (C=O) groups excluding carboxylic acids is 1. The van der Waals surface area contributed by atoms with Crippen molar-refractivity contribution in [2.24, 2.45) is 0 Å². The van der Waals surface area contributed by atoms with Crippen molar-refractivity contribution in [1.29, 1.82) is 0 Å². The van der Waals surface area contributed by atoms with E-state index in [1.165, 1.54) is 36.0 Å². The fraction of sp³-hybridized carbons (Fsp3) is 0.188. The number of amides is 1. The zero-order valence-electron chi connectivity index (χ0n) is 11.5. The maximum absolute atomic E-state index is 12.8. The van der Waals surface area contributed by atoms with E-state index in [1.54, 1.807) is 24.3 Å². The second kappa shape index (κ2) is 7.22. The Morgan fingerprint density at radius 1 is 1.05 bits per heavy atom. The van der Waals surface area contributed by atoms with Crippen LogP contribution in [0.5, 0.6) is 0 Å². The summed E-state index contributed by atoms with van der Waals surface area (Å²) in [5.74, 6) is -0.476. The fourth-order valence-corrected chi connectivity index (χ4v) is 2.51. The smallest absolute Gasteiger partial charge is 0.230 e. The van der Waals surface area contributed by atoms with E-state index in [-0.39, 0.29) is 29.3 Å². The quantitative estimate of drug-likeness (QED) is 0.848. The third-order valence-electron chi connectivity index (χ3n) is 2.93. The molecule has 0 aliphatic carbocycles. The molecule has 2 nitrogen and oxygen atoms in total. The van der Waals surface area contributed by atoms with Gasteiger partial charge in [-0.05, 0) is 48.9 Å². The molecule has 0 saturated carbocycles. The molecule has 1 atom stereocenters. The van der Waals surface area contributed by atoms with E-state index in [0.717, 1.165) is 10.5 Å². The van der Waals surface area contributed by atoms with Crippen molar-refractivity contribution in [2.75, 3.05) is 5.75 Å². The standard InChI is InChI=1S/C16H15F2NOS/c1-11(12-2-4-13(17)5-3-12)19-16(20)10-21-15-8-6-14(18)7-9-15/h2-9,11H,10H2,1H3,(H,19,20). The lowest BCUT2D eigenvalue weighted by atomic mass is 10.1. The highest BCUT2D eigenvalue weighted by molar-refractivity contribution is 8.00. The lowest BCUT2D eigenvalue weighted by molar-refractivity contribution is -0.119. The molecule has 1 unspecified atom stereocenters. The minimum atomic E-state index is -0.302. The fourth-order valence-electron chi connectivity index (χ4n) is 1.80. The summed E-state index contributed by atoms with van der Waals surface area (Å²) in [7, 11) is 0. The zero-order chi connectivity index (χ0) is 15.2. The van der Waals surface area contributed by atoms with Gasteiger partial charge >= 0.3 is 0 Å². The van der Waals surface area contributed by atoms with Gasteiger partial charge in [-0.15, -0.1) is 11.8 Å². The molecule has 0 heterocycles. The van der Waals surface area contributed by atoms with Crippen molar-refractivity contribution in [3.05, 3.63) is 65.7 Å². The van der Waals surface area contributed by atoms with E-state index >= 15 is 0 Å². The van der Waals surface area contributed by atoms with E-state index < -0.39 is 0 Å². The number of rotatable bonds is 5. The molecule has 0 aromatic heterocycles. The third kappa shape index (κ3) is 4.86. The molecule has 0 bridgehead atoms. The van der Waals surface area contributed by atoms with E-state index in [4.69, 9.17) is 0 Å². The molecular formula is C16H15F2NOS. The molecule has 5 heteroatoms. The number of halogens is 2. The average Bonchev–Trinajstić information content (AvgIpc) is 2.47. The predicted molar refractivity (Wildman–Crippen MR) is 80.1 cm³/mol. The number of carbonyl (C=O) groups is 1. The lowest BCUT2D eigenvalue weighted by Crippen LogP contribution is -2.28. The monoisotopic (exact) mass is 307 g/mol. The maximum Gasteiger partial charge on any atom is 0.230 e. The molecule has 1 amide bonds. The van der Waals surface area contributed by atoms with Gasteiger partial charge in [-0.2, -0.15) is 0 Å². The van der Waals surface area contributed by atoms with Gasteiger partial charge in [-0.3, -0.25) is 4.79 Å². The summed E-state index contributed by atoms with van der Waals surface area (Å²) in [6, 6.07) is 11.8. The molecule has 0 radical (unpaired) electrons. The SMILES string of the molecule is CC(NC(=O)CSc1ccc(F)cc1)c1ccc(F)cc1. The topological polar surface area (TPSA) is 29.1 Å². The molecule has 0 aliphatic rings. The van der Waals surface area contributed by atoms with Gasteiger partial charge in [0.25, 0.3) is 0 Å². The predicted octanol–water partition coefficient (Wildman–Crippen LogP) is 3.93. The number of nitrogens with one attached hydrogen (secondary N) is 1. The molecule has 2 aromatic rings. The first-order valence-electron chi connectivity index (χ1n) is 6.48. The first kappa shape index (κ1) is 15.5. The normalized spacial score (nSPS) is 12.0. The van der Waals surface area contributed by atoms with Crippen LogP contribution in [0.3, 0.4) is 0 Å². The minimum Gasteiger partial charge on any atom is -0.349 e. The van der Waals surface area contributed by atoms with Crippen LogP contribution in [0.4, 0.5) is 8.78 Å². The Balaban J connectivity index is 1.83. The van der Waals surface area contributed by atoms with Gasteiger partial charge in [0, 0.05) is 4.90 Å². The summed E-state index contributed by atoms with van der Waals surface area (Å²) in [5.41, 5.74) is 0.844. The molecule has 0 saturated heterocycles. The van der Waals surface area contributed by atoms with Crippen molar-refractivity contribution in [3.63, 3.8) is 0 Å². The first-order chi connectivity index (χ1) is 10.0.